The molecule has 27 heavy (non-hydrogen) atoms. The molecule has 0 saturated carbocycles. The molecule has 1 rings (SSSR count). The molecule has 1 aromatic rings. The molecule has 5 heteroatoms. The standard InChI is InChI=1S/C22H30O5/c1-3-11-19(27-17-18-12-7-5-8-13-18)14-9-6-10-16-22(15-4-2,20(23)24)21(25)26/h3-5,7-8,12-13,19H,1-2,6,9-11,14-17H2,(H,23,24)(H,25,26). The number of aliphatic carboxylic acids is 2. The van der Waals surface area contributed by atoms with Crippen molar-refractivity contribution >= 4 is 11.9 Å². The third-order valence-corrected chi connectivity index (χ3v) is 4.70. The second-order valence-electron chi connectivity index (χ2n) is 6.73. The molecule has 1 atom stereocenters. The minimum atomic E-state index is -1.77. The van der Waals surface area contributed by atoms with E-state index in [0.29, 0.717) is 13.0 Å². The van der Waals surface area contributed by atoms with Crippen molar-refractivity contribution < 1.29 is 24.5 Å². The van der Waals surface area contributed by atoms with Crippen LogP contribution >= 0.6 is 0 Å². The molecule has 2 N–H and O–H groups in total. The number of rotatable bonds is 15. The predicted octanol–water partition coefficient (Wildman–Crippen LogP) is 4.83. The van der Waals surface area contributed by atoms with Crippen LogP contribution in [-0.2, 0) is 20.9 Å². The Bertz CT molecular complexity index is 594. The van der Waals surface area contributed by atoms with Crippen molar-refractivity contribution in [1.82, 2.24) is 0 Å². The Morgan fingerprint density at radius 3 is 2.26 bits per heavy atom. The second-order valence-corrected chi connectivity index (χ2v) is 6.73. The molecule has 0 spiro atoms. The first-order valence-electron chi connectivity index (χ1n) is 9.30. The monoisotopic (exact) mass is 374 g/mol. The second kappa shape index (κ2) is 12.1. The highest BCUT2D eigenvalue weighted by Gasteiger charge is 2.44. The van der Waals surface area contributed by atoms with Gasteiger partial charge in [0.1, 0.15) is 0 Å². The fraction of sp³-hybridized carbons (Fsp3) is 0.455. The molecule has 0 heterocycles. The quantitative estimate of drug-likeness (QED) is 0.261. The minimum absolute atomic E-state index is 0.0552. The van der Waals surface area contributed by atoms with Gasteiger partial charge in [-0.15, -0.1) is 13.2 Å². The van der Waals surface area contributed by atoms with E-state index in [1.807, 2.05) is 36.4 Å². The zero-order valence-corrected chi connectivity index (χ0v) is 15.8. The number of hydrogen-bond acceptors (Lipinski definition) is 3. The van der Waals surface area contributed by atoms with Crippen LogP contribution in [-0.4, -0.2) is 28.3 Å². The van der Waals surface area contributed by atoms with Gasteiger partial charge in [-0.1, -0.05) is 61.7 Å². The van der Waals surface area contributed by atoms with Gasteiger partial charge >= 0.3 is 11.9 Å². The summed E-state index contributed by atoms with van der Waals surface area (Å²) in [6.07, 6.45) is 6.98. The molecule has 0 aliphatic rings. The van der Waals surface area contributed by atoms with Gasteiger partial charge in [0.15, 0.2) is 5.41 Å². The first-order valence-corrected chi connectivity index (χ1v) is 9.30. The molecule has 0 bridgehead atoms. The van der Waals surface area contributed by atoms with Gasteiger partial charge in [-0.2, -0.15) is 0 Å². The summed E-state index contributed by atoms with van der Waals surface area (Å²) < 4.78 is 5.96. The number of carboxylic acids is 2. The van der Waals surface area contributed by atoms with Crippen molar-refractivity contribution in [2.75, 3.05) is 0 Å². The molecule has 0 aliphatic heterocycles. The van der Waals surface area contributed by atoms with Crippen molar-refractivity contribution in [1.29, 1.82) is 0 Å². The first-order chi connectivity index (χ1) is 13.0. The molecule has 0 radical (unpaired) electrons. The molecule has 1 aromatic carbocycles. The Morgan fingerprint density at radius 1 is 1.04 bits per heavy atom. The Morgan fingerprint density at radius 2 is 1.70 bits per heavy atom. The van der Waals surface area contributed by atoms with Gasteiger partial charge in [0.25, 0.3) is 0 Å². The summed E-state index contributed by atoms with van der Waals surface area (Å²) >= 11 is 0. The van der Waals surface area contributed by atoms with Crippen molar-refractivity contribution in [2.24, 2.45) is 5.41 Å². The Kier molecular flexibility index (Phi) is 10.1. The van der Waals surface area contributed by atoms with Gasteiger partial charge in [-0.25, -0.2) is 0 Å². The van der Waals surface area contributed by atoms with Crippen LogP contribution < -0.4 is 0 Å². The van der Waals surface area contributed by atoms with Crippen LogP contribution in [0.25, 0.3) is 0 Å². The smallest absolute Gasteiger partial charge is 0.321 e. The normalized spacial score (nSPS) is 12.3. The van der Waals surface area contributed by atoms with E-state index in [-0.39, 0.29) is 18.9 Å². The zero-order chi connectivity index (χ0) is 20.1. The number of benzene rings is 1. The molecule has 0 aromatic heterocycles. The fourth-order valence-electron chi connectivity index (χ4n) is 3.05. The summed E-state index contributed by atoms with van der Waals surface area (Å²) in [5.74, 6) is -2.60. The van der Waals surface area contributed by atoms with Crippen LogP contribution in [0, 0.1) is 5.41 Å². The Hall–Kier alpha value is -2.40. The molecular formula is C22H30O5. The lowest BCUT2D eigenvalue weighted by molar-refractivity contribution is -0.165. The van der Waals surface area contributed by atoms with Crippen LogP contribution in [0.1, 0.15) is 50.5 Å². The molecule has 0 aliphatic carbocycles. The summed E-state index contributed by atoms with van der Waals surface area (Å²) in [6, 6.07) is 9.94. The van der Waals surface area contributed by atoms with E-state index in [1.54, 1.807) is 0 Å². The first kappa shape index (κ1) is 22.6. The highest BCUT2D eigenvalue weighted by atomic mass is 16.5. The lowest BCUT2D eigenvalue weighted by Crippen LogP contribution is -2.39. The number of carboxylic acid groups (broad SMARTS) is 2. The number of carbonyl (C=O) groups is 2. The van der Waals surface area contributed by atoms with E-state index in [2.05, 4.69) is 13.2 Å². The minimum Gasteiger partial charge on any atom is -0.480 e. The summed E-state index contributed by atoms with van der Waals surface area (Å²) in [7, 11) is 0. The summed E-state index contributed by atoms with van der Waals surface area (Å²) in [4.78, 5) is 22.9. The number of hydrogen-bond donors (Lipinski definition) is 2. The van der Waals surface area contributed by atoms with Crippen molar-refractivity contribution in [3.8, 4) is 0 Å². The van der Waals surface area contributed by atoms with Crippen molar-refractivity contribution in [3.63, 3.8) is 0 Å². The predicted molar refractivity (Wildman–Crippen MR) is 105 cm³/mol. The van der Waals surface area contributed by atoms with Gasteiger partial charge in [0, 0.05) is 0 Å². The number of unbranched alkanes of at least 4 members (excludes halogenated alkanes) is 2. The molecular weight excluding hydrogens is 344 g/mol. The van der Waals surface area contributed by atoms with E-state index >= 15 is 0 Å². The van der Waals surface area contributed by atoms with Crippen LogP contribution in [0.2, 0.25) is 0 Å². The summed E-state index contributed by atoms with van der Waals surface area (Å²) in [5.41, 5.74) is -0.657. The lowest BCUT2D eigenvalue weighted by Gasteiger charge is -2.23. The Balaban J connectivity index is 2.44. The molecule has 0 amide bonds. The van der Waals surface area contributed by atoms with Gasteiger partial charge in [0.05, 0.1) is 12.7 Å². The average molecular weight is 374 g/mol. The molecule has 0 fully saturated rings. The van der Waals surface area contributed by atoms with Gasteiger partial charge in [0.2, 0.25) is 0 Å². The van der Waals surface area contributed by atoms with Crippen molar-refractivity contribution in [3.05, 3.63) is 61.2 Å². The maximum Gasteiger partial charge on any atom is 0.321 e. The van der Waals surface area contributed by atoms with Crippen molar-refractivity contribution in [2.45, 2.75) is 57.7 Å². The van der Waals surface area contributed by atoms with E-state index < -0.39 is 17.4 Å². The molecule has 1 unspecified atom stereocenters. The number of allylic oxidation sites excluding steroid dienone is 1. The van der Waals surface area contributed by atoms with Crippen LogP contribution in [0.5, 0.6) is 0 Å². The average Bonchev–Trinajstić information content (AvgIpc) is 2.65. The maximum absolute atomic E-state index is 11.5. The topological polar surface area (TPSA) is 83.8 Å². The molecule has 0 saturated heterocycles. The third kappa shape index (κ3) is 7.39. The van der Waals surface area contributed by atoms with Crippen LogP contribution in [0.15, 0.2) is 55.6 Å². The van der Waals surface area contributed by atoms with Gasteiger partial charge < -0.3 is 14.9 Å². The van der Waals surface area contributed by atoms with Crippen LogP contribution in [0.3, 0.4) is 0 Å². The summed E-state index contributed by atoms with van der Waals surface area (Å²) in [6.45, 7) is 7.80. The largest absolute Gasteiger partial charge is 0.480 e. The van der Waals surface area contributed by atoms with E-state index in [4.69, 9.17) is 4.74 Å². The summed E-state index contributed by atoms with van der Waals surface area (Å²) in [5, 5.41) is 18.7. The maximum atomic E-state index is 11.5. The van der Waals surface area contributed by atoms with E-state index in [1.165, 1.54) is 6.08 Å². The number of ether oxygens (including phenoxy) is 1. The highest BCUT2D eigenvalue weighted by Crippen LogP contribution is 2.31. The third-order valence-electron chi connectivity index (χ3n) is 4.70. The van der Waals surface area contributed by atoms with Crippen LogP contribution in [0.4, 0.5) is 0 Å². The van der Waals surface area contributed by atoms with Gasteiger partial charge in [-0.3, -0.25) is 9.59 Å². The fourth-order valence-corrected chi connectivity index (χ4v) is 3.05. The molecule has 148 valence electrons. The zero-order valence-electron chi connectivity index (χ0n) is 15.8. The Labute approximate surface area is 161 Å². The molecule has 5 nitrogen and oxygen atoms in total. The lowest BCUT2D eigenvalue weighted by atomic mass is 9.79. The van der Waals surface area contributed by atoms with Gasteiger partial charge in [-0.05, 0) is 31.2 Å². The van der Waals surface area contributed by atoms with E-state index in [0.717, 1.165) is 31.2 Å². The van der Waals surface area contributed by atoms with E-state index in [9.17, 15) is 19.8 Å². The SMILES string of the molecule is C=CCC(CCCCCC(CC=C)(C(=O)O)C(=O)O)OCc1ccccc1. The highest BCUT2D eigenvalue weighted by molar-refractivity contribution is 5.98.